The number of amides is 1. The number of likely N-dealkylation sites (N-methyl/N-ethyl adjacent to an activating group) is 1. The molecule has 0 aliphatic rings. The van der Waals surface area contributed by atoms with E-state index in [0.717, 1.165) is 21.4 Å². The van der Waals surface area contributed by atoms with Crippen molar-refractivity contribution in [3.8, 4) is 0 Å². The summed E-state index contributed by atoms with van der Waals surface area (Å²) in [6.45, 7) is 8.94. The molecular formula is C15H23IN2O2. The molecule has 0 unspecified atom stereocenters. The van der Waals surface area contributed by atoms with Crippen molar-refractivity contribution < 1.29 is 9.90 Å². The number of benzene rings is 1. The van der Waals surface area contributed by atoms with Crippen LogP contribution in [0.5, 0.6) is 0 Å². The van der Waals surface area contributed by atoms with Crippen molar-refractivity contribution in [2.45, 2.75) is 33.3 Å². The van der Waals surface area contributed by atoms with Gasteiger partial charge in [-0.05, 0) is 73.7 Å². The Morgan fingerprint density at radius 3 is 2.60 bits per heavy atom. The third kappa shape index (κ3) is 6.19. The molecule has 20 heavy (non-hydrogen) atoms. The van der Waals surface area contributed by atoms with E-state index in [1.807, 2.05) is 36.9 Å². The highest BCUT2D eigenvalue weighted by Crippen LogP contribution is 2.17. The van der Waals surface area contributed by atoms with Crippen LogP contribution < -0.4 is 5.32 Å². The van der Waals surface area contributed by atoms with Crippen molar-refractivity contribution in [1.82, 2.24) is 4.90 Å². The standard InChI is InChI=1S/C15H23IN2O2/c1-5-18(10-15(3,4)20)9-14(19)17-13-7-6-12(16)8-11(13)2/h6-8,20H,5,9-10H2,1-4H3,(H,17,19). The monoisotopic (exact) mass is 390 g/mol. The molecule has 0 aromatic heterocycles. The van der Waals surface area contributed by atoms with Crippen molar-refractivity contribution in [3.05, 3.63) is 27.3 Å². The topological polar surface area (TPSA) is 52.6 Å². The molecule has 0 aliphatic carbocycles. The van der Waals surface area contributed by atoms with Gasteiger partial charge in [-0.25, -0.2) is 0 Å². The Kier molecular flexibility index (Phi) is 6.42. The Morgan fingerprint density at radius 2 is 2.10 bits per heavy atom. The van der Waals surface area contributed by atoms with Gasteiger partial charge in [0, 0.05) is 15.8 Å². The van der Waals surface area contributed by atoms with E-state index in [1.54, 1.807) is 13.8 Å². The van der Waals surface area contributed by atoms with Gasteiger partial charge in [0.1, 0.15) is 0 Å². The highest BCUT2D eigenvalue weighted by atomic mass is 127. The summed E-state index contributed by atoms with van der Waals surface area (Å²) in [5.41, 5.74) is 1.10. The first-order valence-corrected chi connectivity index (χ1v) is 7.80. The van der Waals surface area contributed by atoms with Crippen LogP contribution in [0.2, 0.25) is 0 Å². The van der Waals surface area contributed by atoms with E-state index >= 15 is 0 Å². The highest BCUT2D eigenvalue weighted by molar-refractivity contribution is 14.1. The number of carbonyl (C=O) groups is 1. The van der Waals surface area contributed by atoms with Crippen molar-refractivity contribution in [1.29, 1.82) is 0 Å². The maximum atomic E-state index is 12.1. The smallest absolute Gasteiger partial charge is 0.238 e. The number of halogens is 1. The molecule has 1 amide bonds. The quantitative estimate of drug-likeness (QED) is 0.735. The lowest BCUT2D eigenvalue weighted by atomic mass is 10.1. The fourth-order valence-electron chi connectivity index (χ4n) is 1.99. The lowest BCUT2D eigenvalue weighted by Gasteiger charge is -2.27. The molecule has 5 heteroatoms. The van der Waals surface area contributed by atoms with Crippen molar-refractivity contribution in [2.75, 3.05) is 25.0 Å². The first-order chi connectivity index (χ1) is 9.21. The lowest BCUT2D eigenvalue weighted by Crippen LogP contribution is -2.42. The largest absolute Gasteiger partial charge is 0.389 e. The zero-order valence-corrected chi connectivity index (χ0v) is 14.7. The third-order valence-electron chi connectivity index (χ3n) is 2.89. The molecule has 2 N–H and O–H groups in total. The van der Waals surface area contributed by atoms with Crippen molar-refractivity contribution in [2.24, 2.45) is 0 Å². The van der Waals surface area contributed by atoms with Crippen LogP contribution in [0.4, 0.5) is 5.69 Å². The average Bonchev–Trinajstić information content (AvgIpc) is 2.30. The second-order valence-electron chi connectivity index (χ2n) is 5.62. The van der Waals surface area contributed by atoms with E-state index in [9.17, 15) is 9.90 Å². The Bertz CT molecular complexity index is 469. The number of carbonyl (C=O) groups excluding carboxylic acids is 1. The van der Waals surface area contributed by atoms with Crippen LogP contribution in [0.3, 0.4) is 0 Å². The summed E-state index contributed by atoms with van der Waals surface area (Å²) in [4.78, 5) is 14.0. The molecule has 0 saturated carbocycles. The Labute approximate surface area is 134 Å². The first kappa shape index (κ1) is 17.4. The molecule has 0 aliphatic heterocycles. The summed E-state index contributed by atoms with van der Waals surface area (Å²) < 4.78 is 1.15. The maximum absolute atomic E-state index is 12.1. The van der Waals surface area contributed by atoms with E-state index in [2.05, 4.69) is 27.9 Å². The second-order valence-corrected chi connectivity index (χ2v) is 6.87. The van der Waals surface area contributed by atoms with Gasteiger partial charge in [-0.2, -0.15) is 0 Å². The number of aliphatic hydroxyl groups is 1. The van der Waals surface area contributed by atoms with E-state index in [4.69, 9.17) is 0 Å². The number of hydrogen-bond acceptors (Lipinski definition) is 3. The van der Waals surface area contributed by atoms with Crippen LogP contribution in [0.25, 0.3) is 0 Å². The average molecular weight is 390 g/mol. The first-order valence-electron chi connectivity index (χ1n) is 6.72. The van der Waals surface area contributed by atoms with Crippen LogP contribution in [-0.4, -0.2) is 41.1 Å². The minimum atomic E-state index is -0.797. The summed E-state index contributed by atoms with van der Waals surface area (Å²) in [5.74, 6) is -0.0552. The van der Waals surface area contributed by atoms with Gasteiger partial charge in [-0.15, -0.1) is 0 Å². The molecule has 1 rings (SSSR count). The molecule has 1 aromatic rings. The van der Waals surface area contributed by atoms with Gasteiger partial charge in [0.05, 0.1) is 12.1 Å². The van der Waals surface area contributed by atoms with Gasteiger partial charge >= 0.3 is 0 Å². The Balaban J connectivity index is 2.62. The number of aryl methyl sites for hydroxylation is 1. The van der Waals surface area contributed by atoms with Gasteiger partial charge in [-0.3, -0.25) is 9.69 Å². The summed E-state index contributed by atoms with van der Waals surface area (Å²) in [6.07, 6.45) is 0. The van der Waals surface area contributed by atoms with Crippen LogP contribution >= 0.6 is 22.6 Å². The van der Waals surface area contributed by atoms with Gasteiger partial charge in [0.2, 0.25) is 5.91 Å². The Morgan fingerprint density at radius 1 is 1.45 bits per heavy atom. The normalized spacial score (nSPS) is 11.8. The molecule has 1 aromatic carbocycles. The Hall–Kier alpha value is -0.660. The molecule has 0 spiro atoms. The molecular weight excluding hydrogens is 367 g/mol. The molecule has 0 heterocycles. The lowest BCUT2D eigenvalue weighted by molar-refractivity contribution is -0.117. The van der Waals surface area contributed by atoms with Crippen LogP contribution in [0, 0.1) is 10.5 Å². The van der Waals surface area contributed by atoms with Gasteiger partial charge < -0.3 is 10.4 Å². The molecule has 0 fully saturated rings. The number of rotatable bonds is 6. The molecule has 112 valence electrons. The van der Waals surface area contributed by atoms with Gasteiger partial charge in [-0.1, -0.05) is 6.92 Å². The molecule has 0 bridgehead atoms. The zero-order valence-electron chi connectivity index (χ0n) is 12.5. The van der Waals surface area contributed by atoms with Crippen molar-refractivity contribution in [3.63, 3.8) is 0 Å². The van der Waals surface area contributed by atoms with Gasteiger partial charge in [0.15, 0.2) is 0 Å². The number of nitrogens with zero attached hydrogens (tertiary/aromatic N) is 1. The number of hydrogen-bond donors (Lipinski definition) is 2. The highest BCUT2D eigenvalue weighted by Gasteiger charge is 2.19. The molecule has 0 saturated heterocycles. The molecule has 4 nitrogen and oxygen atoms in total. The minimum Gasteiger partial charge on any atom is -0.389 e. The summed E-state index contributed by atoms with van der Waals surface area (Å²) >= 11 is 2.25. The molecule has 0 atom stereocenters. The predicted octanol–water partition coefficient (Wildman–Crippen LogP) is 2.63. The fraction of sp³-hybridized carbons (Fsp3) is 0.533. The van der Waals surface area contributed by atoms with Gasteiger partial charge in [0.25, 0.3) is 0 Å². The van der Waals surface area contributed by atoms with Crippen molar-refractivity contribution >= 4 is 34.2 Å². The van der Waals surface area contributed by atoms with Crippen LogP contribution in [0.15, 0.2) is 18.2 Å². The predicted molar refractivity (Wildman–Crippen MR) is 90.9 cm³/mol. The second kappa shape index (κ2) is 7.38. The van der Waals surface area contributed by atoms with Crippen LogP contribution in [0.1, 0.15) is 26.3 Å². The fourth-order valence-corrected chi connectivity index (χ4v) is 2.63. The number of nitrogens with one attached hydrogen (secondary N) is 1. The van der Waals surface area contributed by atoms with Crippen LogP contribution in [-0.2, 0) is 4.79 Å². The summed E-state index contributed by atoms with van der Waals surface area (Å²) in [5, 5.41) is 12.7. The summed E-state index contributed by atoms with van der Waals surface area (Å²) in [6, 6.07) is 5.92. The third-order valence-corrected chi connectivity index (χ3v) is 3.56. The minimum absolute atomic E-state index is 0.0552. The SMILES string of the molecule is CCN(CC(=O)Nc1ccc(I)cc1C)CC(C)(C)O. The maximum Gasteiger partial charge on any atom is 0.238 e. The van der Waals surface area contributed by atoms with E-state index in [1.165, 1.54) is 0 Å². The van der Waals surface area contributed by atoms with E-state index < -0.39 is 5.60 Å². The van der Waals surface area contributed by atoms with E-state index in [-0.39, 0.29) is 12.5 Å². The van der Waals surface area contributed by atoms with E-state index in [0.29, 0.717) is 6.54 Å². The number of anilines is 1. The molecule has 0 radical (unpaired) electrons. The summed E-state index contributed by atoms with van der Waals surface area (Å²) in [7, 11) is 0. The zero-order chi connectivity index (χ0) is 15.3.